The maximum absolute atomic E-state index is 9.41. The number of hydrogen-bond donors (Lipinski definition) is 0. The highest BCUT2D eigenvalue weighted by atomic mass is 16.3. The van der Waals surface area contributed by atoms with Crippen molar-refractivity contribution in [2.75, 3.05) is 0 Å². The highest BCUT2D eigenvalue weighted by Gasteiger charge is 2.25. The molecule has 7 heteroatoms. The summed E-state index contributed by atoms with van der Waals surface area (Å²) in [6.07, 6.45) is 0. The molecule has 7 nitrogen and oxygen atoms in total. The maximum atomic E-state index is 9.41. The lowest BCUT2D eigenvalue weighted by Gasteiger charge is -2.19. The Hall–Kier alpha value is -8.81. The van der Waals surface area contributed by atoms with Gasteiger partial charge >= 0.3 is 0 Å². The molecule has 0 bridgehead atoms. The van der Waals surface area contributed by atoms with E-state index >= 15 is 0 Å². The molecule has 0 radical (unpaired) electrons. The topological polar surface area (TPSA) is 66.6 Å². The van der Waals surface area contributed by atoms with Gasteiger partial charge in [-0.3, -0.25) is 9.13 Å². The Morgan fingerprint density at radius 1 is 0.375 bits per heavy atom. The standard InChI is InChI=1S/C57H34N6O/c1-8-24-45-37(16-1)38-17-2-9-25-46(38)61(45)51-30-15-23-36(35-32-33-44-43-22-7-14-31-52(43)64-53(44)34-35)54(51)55-58-56(62-47-26-10-3-18-39(47)40-19-4-11-27-48(40)62)60-57(59-55)63-49-28-12-5-20-41(49)42-21-6-13-29-50(42)63/h1-34H/i3D,10D,18D,26D. The van der Waals surface area contributed by atoms with Gasteiger partial charge in [-0.1, -0.05) is 146 Å². The van der Waals surface area contributed by atoms with E-state index in [9.17, 15) is 2.74 Å². The number of aromatic nitrogens is 6. The molecule has 9 aromatic carbocycles. The largest absolute Gasteiger partial charge is 0.456 e. The first kappa shape index (κ1) is 31.1. The van der Waals surface area contributed by atoms with Crippen molar-refractivity contribution in [1.29, 1.82) is 0 Å². The number of benzene rings is 9. The summed E-state index contributed by atoms with van der Waals surface area (Å²) >= 11 is 0. The number of para-hydroxylation sites is 7. The quantitative estimate of drug-likeness (QED) is 0.173. The van der Waals surface area contributed by atoms with E-state index in [1.54, 1.807) is 4.57 Å². The number of nitrogens with zero attached hydrogens (tertiary/aromatic N) is 6. The van der Waals surface area contributed by atoms with Crippen molar-refractivity contribution in [1.82, 2.24) is 28.7 Å². The summed E-state index contributed by atoms with van der Waals surface area (Å²) in [6, 6.07) is 60.5. The van der Waals surface area contributed by atoms with Crippen LogP contribution in [0, 0.1) is 0 Å². The second-order valence-electron chi connectivity index (χ2n) is 16.1. The molecule has 0 amide bonds. The monoisotopic (exact) mass is 822 g/mol. The Bertz CT molecular complexity index is 4360. The molecule has 0 saturated carbocycles. The number of rotatable bonds is 5. The van der Waals surface area contributed by atoms with Gasteiger partial charge < -0.3 is 8.98 Å². The van der Waals surface area contributed by atoms with Gasteiger partial charge in [0.15, 0.2) is 5.82 Å². The van der Waals surface area contributed by atoms with E-state index in [0.717, 1.165) is 87.9 Å². The van der Waals surface area contributed by atoms with Gasteiger partial charge in [0, 0.05) is 43.1 Å². The van der Waals surface area contributed by atoms with E-state index < -0.39 is 0 Å². The lowest BCUT2D eigenvalue weighted by molar-refractivity contribution is 0.669. The maximum Gasteiger partial charge on any atom is 0.240 e. The summed E-state index contributed by atoms with van der Waals surface area (Å²) in [4.78, 5) is 16.4. The number of furan rings is 1. The summed E-state index contributed by atoms with van der Waals surface area (Å²) < 4.78 is 48.8. The van der Waals surface area contributed by atoms with Crippen LogP contribution in [-0.4, -0.2) is 28.7 Å². The molecule has 0 fully saturated rings. The molecule has 0 aliphatic carbocycles. The molecule has 14 rings (SSSR count). The zero-order valence-corrected chi connectivity index (χ0v) is 33.9. The highest BCUT2D eigenvalue weighted by Crippen LogP contribution is 2.43. The molecule has 0 saturated heterocycles. The van der Waals surface area contributed by atoms with Crippen molar-refractivity contribution >= 4 is 87.4 Å². The van der Waals surface area contributed by atoms with Crippen LogP contribution in [0.5, 0.6) is 0 Å². The highest BCUT2D eigenvalue weighted by molar-refractivity contribution is 6.12. The summed E-state index contributed by atoms with van der Waals surface area (Å²) in [7, 11) is 0. The van der Waals surface area contributed by atoms with Crippen LogP contribution in [0.4, 0.5) is 0 Å². The van der Waals surface area contributed by atoms with Gasteiger partial charge in [-0.15, -0.1) is 0 Å². The van der Waals surface area contributed by atoms with E-state index in [1.165, 1.54) is 0 Å². The minimum atomic E-state index is -0.344. The first-order valence-electron chi connectivity index (χ1n) is 23.2. The fourth-order valence-electron chi connectivity index (χ4n) is 9.96. The molecule has 0 atom stereocenters. The Labute approximate surface area is 371 Å². The van der Waals surface area contributed by atoms with Gasteiger partial charge in [0.2, 0.25) is 11.9 Å². The average molecular weight is 823 g/mol. The molecule has 0 spiro atoms. The Balaban J connectivity index is 1.16. The number of fused-ring (bicyclic) bond motifs is 12. The lowest BCUT2D eigenvalue weighted by Crippen LogP contribution is -2.11. The zero-order valence-electron chi connectivity index (χ0n) is 37.9. The Morgan fingerprint density at radius 3 is 1.47 bits per heavy atom. The lowest BCUT2D eigenvalue weighted by atomic mass is 9.96. The van der Waals surface area contributed by atoms with Gasteiger partial charge in [0.25, 0.3) is 0 Å². The molecule has 0 N–H and O–H groups in total. The van der Waals surface area contributed by atoms with E-state index in [4.69, 9.17) is 22.1 Å². The molecule has 0 aliphatic heterocycles. The molecule has 14 aromatic rings. The molecular formula is C57H34N6O. The summed E-state index contributed by atoms with van der Waals surface area (Å²) in [5, 5.41) is 7.35. The normalized spacial score (nSPS) is 12.9. The van der Waals surface area contributed by atoms with Crippen molar-refractivity contribution in [3.8, 4) is 40.1 Å². The second kappa shape index (κ2) is 13.3. The van der Waals surface area contributed by atoms with Crippen molar-refractivity contribution in [3.63, 3.8) is 0 Å². The minimum Gasteiger partial charge on any atom is -0.456 e. The van der Waals surface area contributed by atoms with Crippen LogP contribution in [-0.2, 0) is 0 Å². The van der Waals surface area contributed by atoms with Crippen LogP contribution in [0.1, 0.15) is 5.48 Å². The van der Waals surface area contributed by atoms with Crippen LogP contribution in [0.25, 0.3) is 127 Å². The fraction of sp³-hybridized carbons (Fsp3) is 0. The van der Waals surface area contributed by atoms with Crippen molar-refractivity contribution in [2.24, 2.45) is 0 Å². The predicted octanol–water partition coefficient (Wildman–Crippen LogP) is 14.4. The molecule has 0 unspecified atom stereocenters. The predicted molar refractivity (Wildman–Crippen MR) is 261 cm³/mol. The summed E-state index contributed by atoms with van der Waals surface area (Å²) in [5.41, 5.74) is 9.56. The van der Waals surface area contributed by atoms with E-state index in [2.05, 4.69) is 124 Å². The fourth-order valence-corrected chi connectivity index (χ4v) is 9.96. The molecule has 0 aliphatic rings. The third kappa shape index (κ3) is 4.94. The summed E-state index contributed by atoms with van der Waals surface area (Å²) in [5.74, 6) is 0.888. The third-order valence-corrected chi connectivity index (χ3v) is 12.7. The van der Waals surface area contributed by atoms with E-state index in [-0.39, 0.29) is 35.6 Å². The van der Waals surface area contributed by atoms with Gasteiger partial charge in [0.05, 0.1) is 49.8 Å². The van der Waals surface area contributed by atoms with Crippen LogP contribution < -0.4 is 0 Å². The minimum absolute atomic E-state index is 0.132. The van der Waals surface area contributed by atoms with Crippen LogP contribution >= 0.6 is 0 Å². The van der Waals surface area contributed by atoms with Gasteiger partial charge in [0.1, 0.15) is 11.2 Å². The molecule has 5 aromatic heterocycles. The van der Waals surface area contributed by atoms with Gasteiger partial charge in [-0.2, -0.15) is 15.0 Å². The van der Waals surface area contributed by atoms with Gasteiger partial charge in [-0.05, 0) is 71.8 Å². The second-order valence-corrected chi connectivity index (χ2v) is 16.1. The molecule has 64 heavy (non-hydrogen) atoms. The van der Waals surface area contributed by atoms with Crippen LogP contribution in [0.3, 0.4) is 0 Å². The van der Waals surface area contributed by atoms with Crippen molar-refractivity contribution in [2.45, 2.75) is 0 Å². The van der Waals surface area contributed by atoms with Gasteiger partial charge in [-0.25, -0.2) is 0 Å². The smallest absolute Gasteiger partial charge is 0.240 e. The Morgan fingerprint density at radius 2 is 0.859 bits per heavy atom. The van der Waals surface area contributed by atoms with E-state index in [0.29, 0.717) is 28.1 Å². The molecular weight excluding hydrogens is 785 g/mol. The third-order valence-electron chi connectivity index (χ3n) is 12.7. The van der Waals surface area contributed by atoms with E-state index in [1.807, 2.05) is 66.7 Å². The van der Waals surface area contributed by atoms with Crippen molar-refractivity contribution in [3.05, 3.63) is 206 Å². The zero-order chi connectivity index (χ0) is 45.4. The van der Waals surface area contributed by atoms with Crippen LogP contribution in [0.15, 0.2) is 211 Å². The molecule has 298 valence electrons. The number of hydrogen-bond acceptors (Lipinski definition) is 4. The molecule has 5 heterocycles. The Kier molecular flexibility index (Phi) is 6.48. The first-order chi connectivity index (χ1) is 33.4. The van der Waals surface area contributed by atoms with Crippen molar-refractivity contribution < 1.29 is 9.90 Å². The first-order valence-corrected chi connectivity index (χ1v) is 21.2. The summed E-state index contributed by atoms with van der Waals surface area (Å²) in [6.45, 7) is 0. The SMILES string of the molecule is [2H]c1c([2H])c([2H])c2c(c1[2H])c1ccccc1n2-c1nc(-c2c(-c3ccc4c(c3)oc3ccccc34)cccc2-n2c3ccccc3c3ccccc32)nc(-n2c3ccccc3c3ccccc32)n1. The average Bonchev–Trinajstić information content (AvgIpc) is 4.13. The van der Waals surface area contributed by atoms with Crippen LogP contribution in [0.2, 0.25) is 0 Å².